The maximum atomic E-state index is 13.6. The lowest BCUT2D eigenvalue weighted by Gasteiger charge is -2.42. The minimum absolute atomic E-state index is 0.0186. The number of carbonyl (C=O) groups is 1. The quantitative estimate of drug-likeness (QED) is 0.361. The number of benzene rings is 2. The van der Waals surface area contributed by atoms with Gasteiger partial charge in [0.25, 0.3) is 5.56 Å². The molecule has 1 aliphatic rings. The van der Waals surface area contributed by atoms with Gasteiger partial charge in [-0.1, -0.05) is 12.1 Å². The first-order valence-corrected chi connectivity index (χ1v) is 13.3. The van der Waals surface area contributed by atoms with Gasteiger partial charge in [-0.15, -0.1) is 0 Å². The molecular weight excluding hydrogens is 518 g/mol. The van der Waals surface area contributed by atoms with Crippen molar-refractivity contribution in [3.8, 4) is 12.1 Å². The normalized spacial score (nSPS) is 15.7. The number of anilines is 3. The predicted octanol–water partition coefficient (Wildman–Crippen LogP) is 4.33. The van der Waals surface area contributed by atoms with Crippen molar-refractivity contribution in [3.05, 3.63) is 99.0 Å². The Kier molecular flexibility index (Phi) is 7.32. The third kappa shape index (κ3) is 5.15. The summed E-state index contributed by atoms with van der Waals surface area (Å²) in [6.45, 7) is 7.54. The number of aromatic nitrogens is 2. The monoisotopic (exact) mass is 547 g/mol. The number of carboxylic acid groups (broad SMARTS) is 1. The molecule has 1 aliphatic heterocycles. The zero-order valence-electron chi connectivity index (χ0n) is 23.0. The highest BCUT2D eigenvalue weighted by molar-refractivity contribution is 5.94. The second-order valence-corrected chi connectivity index (χ2v) is 10.3. The van der Waals surface area contributed by atoms with Crippen molar-refractivity contribution in [2.24, 2.45) is 0 Å². The maximum Gasteiger partial charge on any atom is 0.337 e. The van der Waals surface area contributed by atoms with E-state index in [1.165, 1.54) is 10.5 Å². The minimum Gasteiger partial charge on any atom is -0.478 e. The van der Waals surface area contributed by atoms with Crippen LogP contribution < -0.4 is 20.7 Å². The lowest BCUT2D eigenvalue weighted by Crippen LogP contribution is -2.53. The topological polar surface area (TPSA) is 138 Å². The standard InChI is InChI=1S/C31H29N7O3/c1-19-14-25(21(3)34-27-7-5-4-6-24(27)31(40)41)29-35-28(26(16-33)30(39)38(29)17-19)36-12-13-37(20(2)18-36)23-10-8-22(15-32)9-11-23/h4-11,14,17,20-21,34H,12-13,18H2,1-3H3,(H,40,41)/t20-,21-/m1/s1. The first kappa shape index (κ1) is 27.2. The van der Waals surface area contributed by atoms with E-state index in [1.807, 2.05) is 36.9 Å². The number of aromatic carboxylic acids is 1. The van der Waals surface area contributed by atoms with Crippen LogP contribution in [0.4, 0.5) is 17.2 Å². The van der Waals surface area contributed by atoms with Crippen molar-refractivity contribution in [2.45, 2.75) is 32.9 Å². The van der Waals surface area contributed by atoms with Gasteiger partial charge >= 0.3 is 5.97 Å². The molecule has 0 aliphatic carbocycles. The molecule has 4 aromatic rings. The van der Waals surface area contributed by atoms with Gasteiger partial charge in [-0.05, 0) is 68.8 Å². The fourth-order valence-electron chi connectivity index (χ4n) is 5.41. The lowest BCUT2D eigenvalue weighted by molar-refractivity contribution is 0.0698. The van der Waals surface area contributed by atoms with Gasteiger partial charge in [-0.3, -0.25) is 9.20 Å². The number of para-hydroxylation sites is 1. The van der Waals surface area contributed by atoms with Crippen LogP contribution in [0.25, 0.3) is 5.65 Å². The van der Waals surface area contributed by atoms with Crippen LogP contribution in [-0.4, -0.2) is 46.1 Å². The van der Waals surface area contributed by atoms with E-state index in [9.17, 15) is 20.0 Å². The molecule has 0 radical (unpaired) electrons. The van der Waals surface area contributed by atoms with Crippen molar-refractivity contribution in [2.75, 3.05) is 34.8 Å². The number of nitrogens with zero attached hydrogens (tertiary/aromatic N) is 6. The van der Waals surface area contributed by atoms with Crippen molar-refractivity contribution >= 4 is 28.8 Å². The molecule has 10 heteroatoms. The first-order chi connectivity index (χ1) is 19.7. The molecule has 3 heterocycles. The molecular formula is C31H29N7O3. The molecule has 1 fully saturated rings. The van der Waals surface area contributed by atoms with Gasteiger partial charge in [0.1, 0.15) is 11.7 Å². The summed E-state index contributed by atoms with van der Waals surface area (Å²) in [5, 5.41) is 32.0. The van der Waals surface area contributed by atoms with E-state index in [0.29, 0.717) is 47.9 Å². The molecule has 0 bridgehead atoms. The van der Waals surface area contributed by atoms with Gasteiger partial charge in [0.05, 0.1) is 23.2 Å². The van der Waals surface area contributed by atoms with E-state index in [1.54, 1.807) is 36.5 Å². The highest BCUT2D eigenvalue weighted by Gasteiger charge is 2.29. The number of nitriles is 2. The van der Waals surface area contributed by atoms with Gasteiger partial charge in [0.2, 0.25) is 0 Å². The predicted molar refractivity (Wildman–Crippen MR) is 157 cm³/mol. The number of carboxylic acids is 1. The van der Waals surface area contributed by atoms with E-state index in [4.69, 9.17) is 10.2 Å². The Hall–Kier alpha value is -5.35. The average molecular weight is 548 g/mol. The fraction of sp³-hybridized carbons (Fsp3) is 0.258. The number of aryl methyl sites for hydroxylation is 1. The van der Waals surface area contributed by atoms with E-state index < -0.39 is 17.6 Å². The highest BCUT2D eigenvalue weighted by atomic mass is 16.4. The molecule has 206 valence electrons. The Labute approximate surface area is 237 Å². The summed E-state index contributed by atoms with van der Waals surface area (Å²) in [6, 6.07) is 19.9. The highest BCUT2D eigenvalue weighted by Crippen LogP contribution is 2.29. The molecule has 2 atom stereocenters. The van der Waals surface area contributed by atoms with Crippen LogP contribution in [0, 0.1) is 29.6 Å². The summed E-state index contributed by atoms with van der Waals surface area (Å²) in [4.78, 5) is 34.5. The van der Waals surface area contributed by atoms with Crippen LogP contribution in [0.3, 0.4) is 0 Å². The summed E-state index contributed by atoms with van der Waals surface area (Å²) in [7, 11) is 0. The summed E-state index contributed by atoms with van der Waals surface area (Å²) in [5.74, 6) is -0.703. The molecule has 41 heavy (non-hydrogen) atoms. The van der Waals surface area contributed by atoms with Gasteiger partial charge in [-0.2, -0.15) is 10.5 Å². The first-order valence-electron chi connectivity index (χ1n) is 13.3. The van der Waals surface area contributed by atoms with Crippen LogP contribution in [0.15, 0.2) is 65.6 Å². The average Bonchev–Trinajstić information content (AvgIpc) is 2.97. The number of hydrogen-bond acceptors (Lipinski definition) is 8. The van der Waals surface area contributed by atoms with Gasteiger partial charge in [0, 0.05) is 48.8 Å². The number of fused-ring (bicyclic) bond motifs is 1. The summed E-state index contributed by atoms with van der Waals surface area (Å²) >= 11 is 0. The summed E-state index contributed by atoms with van der Waals surface area (Å²) in [5.41, 5.74) is 3.65. The minimum atomic E-state index is -1.04. The number of nitrogens with one attached hydrogen (secondary N) is 1. The Morgan fingerprint density at radius 3 is 2.51 bits per heavy atom. The van der Waals surface area contributed by atoms with E-state index in [2.05, 4.69) is 29.3 Å². The summed E-state index contributed by atoms with van der Waals surface area (Å²) in [6.07, 6.45) is 1.67. The van der Waals surface area contributed by atoms with E-state index >= 15 is 0 Å². The molecule has 0 saturated carbocycles. The van der Waals surface area contributed by atoms with Crippen LogP contribution in [-0.2, 0) is 0 Å². The largest absolute Gasteiger partial charge is 0.478 e. The van der Waals surface area contributed by atoms with Crippen LogP contribution in [0.5, 0.6) is 0 Å². The zero-order chi connectivity index (χ0) is 29.3. The fourth-order valence-corrected chi connectivity index (χ4v) is 5.41. The third-order valence-electron chi connectivity index (χ3n) is 7.43. The van der Waals surface area contributed by atoms with E-state index in [-0.39, 0.29) is 17.2 Å². The Bertz CT molecular complexity index is 1780. The van der Waals surface area contributed by atoms with Crippen LogP contribution in [0.2, 0.25) is 0 Å². The van der Waals surface area contributed by atoms with Crippen molar-refractivity contribution in [1.29, 1.82) is 10.5 Å². The number of hydrogen-bond donors (Lipinski definition) is 2. The molecule has 0 amide bonds. The second kappa shape index (κ2) is 11.0. The van der Waals surface area contributed by atoms with Crippen molar-refractivity contribution in [3.63, 3.8) is 0 Å². The third-order valence-corrected chi connectivity index (χ3v) is 7.43. The van der Waals surface area contributed by atoms with Gasteiger partial charge < -0.3 is 20.2 Å². The molecule has 0 unspecified atom stereocenters. The number of piperazine rings is 1. The number of rotatable bonds is 6. The lowest BCUT2D eigenvalue weighted by atomic mass is 10.1. The molecule has 2 N–H and O–H groups in total. The molecule has 1 saturated heterocycles. The zero-order valence-corrected chi connectivity index (χ0v) is 23.0. The summed E-state index contributed by atoms with van der Waals surface area (Å²) < 4.78 is 1.41. The van der Waals surface area contributed by atoms with Crippen LogP contribution in [0.1, 0.15) is 52.5 Å². The molecule has 2 aromatic carbocycles. The van der Waals surface area contributed by atoms with Crippen LogP contribution >= 0.6 is 0 Å². The number of pyridine rings is 1. The Balaban J connectivity index is 1.53. The second-order valence-electron chi connectivity index (χ2n) is 10.3. The Morgan fingerprint density at radius 2 is 1.85 bits per heavy atom. The smallest absolute Gasteiger partial charge is 0.337 e. The van der Waals surface area contributed by atoms with Crippen molar-refractivity contribution in [1.82, 2.24) is 9.38 Å². The van der Waals surface area contributed by atoms with Gasteiger partial charge in [-0.25, -0.2) is 9.78 Å². The maximum absolute atomic E-state index is 13.6. The molecule has 2 aromatic heterocycles. The molecule has 5 rings (SSSR count). The Morgan fingerprint density at radius 1 is 1.12 bits per heavy atom. The molecule has 0 spiro atoms. The van der Waals surface area contributed by atoms with Gasteiger partial charge in [0.15, 0.2) is 11.4 Å². The van der Waals surface area contributed by atoms with Crippen molar-refractivity contribution < 1.29 is 9.90 Å². The van der Waals surface area contributed by atoms with E-state index in [0.717, 1.165) is 11.3 Å². The molecule has 10 nitrogen and oxygen atoms in total. The SMILES string of the molecule is Cc1cc([C@@H](C)Nc2ccccc2C(=O)O)c2nc(N3CCN(c4ccc(C#N)cc4)[C@H](C)C3)c(C#N)c(=O)n2c1.